The van der Waals surface area contributed by atoms with Gasteiger partial charge in [-0.05, 0) is 53.5 Å². The van der Waals surface area contributed by atoms with Crippen molar-refractivity contribution in [2.75, 3.05) is 0 Å². The number of carbonyl (C=O) groups is 1. The molecule has 0 spiro atoms. The molecule has 1 fully saturated rings. The third-order valence-electron chi connectivity index (χ3n) is 6.07. The highest BCUT2D eigenvalue weighted by Crippen LogP contribution is 2.43. The molecule has 2 heteroatoms. The molecule has 0 unspecified atom stereocenters. The summed E-state index contributed by atoms with van der Waals surface area (Å²) in [6.07, 6.45) is 12.1. The van der Waals surface area contributed by atoms with Crippen LogP contribution in [0.3, 0.4) is 0 Å². The van der Waals surface area contributed by atoms with E-state index in [1.165, 1.54) is 68.9 Å². The maximum atomic E-state index is 11.2. The highest BCUT2D eigenvalue weighted by Gasteiger charge is 2.33. The number of nitrogens with two attached hydrogens (primary N) is 1. The largest absolute Gasteiger partial charge is 0.366 e. The lowest BCUT2D eigenvalue weighted by molar-refractivity contribution is 0.100. The van der Waals surface area contributed by atoms with Crippen molar-refractivity contribution in [2.45, 2.75) is 70.1 Å². The van der Waals surface area contributed by atoms with Gasteiger partial charge in [-0.25, -0.2) is 0 Å². The summed E-state index contributed by atoms with van der Waals surface area (Å²) in [6.45, 7) is 2.28. The van der Waals surface area contributed by atoms with E-state index in [0.717, 1.165) is 5.56 Å². The molecule has 0 radical (unpaired) electrons. The SMILES string of the molecule is CCCCCC1(c2ccc(-c3ccc(C(N)=O)cc3)cc2)CCCCC1. The fourth-order valence-electron chi connectivity index (χ4n) is 4.47. The molecule has 0 saturated heterocycles. The van der Waals surface area contributed by atoms with Crippen molar-refractivity contribution < 1.29 is 4.79 Å². The Bertz CT molecular complexity index is 709. The van der Waals surface area contributed by atoms with Gasteiger partial charge in [0, 0.05) is 5.56 Å². The molecular formula is C24H31NO. The second-order valence-electron chi connectivity index (χ2n) is 7.82. The van der Waals surface area contributed by atoms with Crippen LogP contribution in [0.4, 0.5) is 0 Å². The minimum absolute atomic E-state index is 0.377. The van der Waals surface area contributed by atoms with Gasteiger partial charge in [0.1, 0.15) is 0 Å². The molecule has 0 atom stereocenters. The van der Waals surface area contributed by atoms with Gasteiger partial charge in [-0.1, -0.05) is 81.8 Å². The summed E-state index contributed by atoms with van der Waals surface area (Å²) in [5, 5.41) is 0. The van der Waals surface area contributed by atoms with Crippen LogP contribution in [-0.2, 0) is 5.41 Å². The van der Waals surface area contributed by atoms with Gasteiger partial charge in [-0.15, -0.1) is 0 Å². The molecule has 1 aliphatic carbocycles. The van der Waals surface area contributed by atoms with Gasteiger partial charge < -0.3 is 5.73 Å². The molecule has 2 nitrogen and oxygen atoms in total. The highest BCUT2D eigenvalue weighted by molar-refractivity contribution is 5.93. The van der Waals surface area contributed by atoms with Crippen LogP contribution in [0, 0.1) is 0 Å². The molecule has 1 amide bonds. The van der Waals surface area contributed by atoms with E-state index in [0.29, 0.717) is 11.0 Å². The summed E-state index contributed by atoms with van der Waals surface area (Å²) >= 11 is 0. The Kier molecular flexibility index (Phi) is 6.13. The standard InChI is InChI=1S/C24H31NO/c1-2-3-5-16-24(17-6-4-7-18-24)22-14-12-20(13-15-22)19-8-10-21(11-9-19)23(25)26/h8-15H,2-7,16-18H2,1H3,(H2,25,26). The Balaban J connectivity index is 1.80. The molecule has 2 aromatic carbocycles. The van der Waals surface area contributed by atoms with E-state index in [4.69, 9.17) is 5.73 Å². The summed E-state index contributed by atoms with van der Waals surface area (Å²) in [7, 11) is 0. The molecule has 138 valence electrons. The summed E-state index contributed by atoms with van der Waals surface area (Å²) in [5.74, 6) is -0.377. The smallest absolute Gasteiger partial charge is 0.248 e. The quantitative estimate of drug-likeness (QED) is 0.591. The molecule has 26 heavy (non-hydrogen) atoms. The van der Waals surface area contributed by atoms with E-state index in [9.17, 15) is 4.79 Å². The number of benzene rings is 2. The first kappa shape index (κ1) is 18.7. The molecule has 2 aromatic rings. The van der Waals surface area contributed by atoms with Gasteiger partial charge in [0.2, 0.25) is 5.91 Å². The van der Waals surface area contributed by atoms with E-state index in [1.807, 2.05) is 12.1 Å². The Morgan fingerprint density at radius 2 is 1.46 bits per heavy atom. The maximum Gasteiger partial charge on any atom is 0.248 e. The average Bonchev–Trinajstić information content (AvgIpc) is 2.69. The lowest BCUT2D eigenvalue weighted by Gasteiger charge is -2.38. The Labute approximate surface area is 157 Å². The number of hydrogen-bond acceptors (Lipinski definition) is 1. The Hall–Kier alpha value is -2.09. The zero-order valence-corrected chi connectivity index (χ0v) is 16.0. The summed E-state index contributed by atoms with van der Waals surface area (Å²) in [6, 6.07) is 16.7. The Morgan fingerprint density at radius 1 is 0.885 bits per heavy atom. The predicted molar refractivity (Wildman–Crippen MR) is 109 cm³/mol. The normalized spacial score (nSPS) is 16.3. The first-order chi connectivity index (χ1) is 12.6. The minimum atomic E-state index is -0.377. The van der Waals surface area contributed by atoms with Gasteiger partial charge in [-0.2, -0.15) is 0 Å². The number of hydrogen-bond donors (Lipinski definition) is 1. The lowest BCUT2D eigenvalue weighted by atomic mass is 9.66. The van der Waals surface area contributed by atoms with Crippen LogP contribution in [0.15, 0.2) is 48.5 Å². The molecular weight excluding hydrogens is 318 g/mol. The number of amides is 1. The van der Waals surface area contributed by atoms with Crippen LogP contribution in [0.5, 0.6) is 0 Å². The summed E-state index contributed by atoms with van der Waals surface area (Å²) in [5.41, 5.74) is 10.1. The topological polar surface area (TPSA) is 43.1 Å². The van der Waals surface area contributed by atoms with Crippen molar-refractivity contribution in [3.8, 4) is 11.1 Å². The molecule has 1 aliphatic rings. The highest BCUT2D eigenvalue weighted by atomic mass is 16.1. The van der Waals surface area contributed by atoms with Gasteiger partial charge >= 0.3 is 0 Å². The third-order valence-corrected chi connectivity index (χ3v) is 6.07. The van der Waals surface area contributed by atoms with E-state index >= 15 is 0 Å². The van der Waals surface area contributed by atoms with Crippen molar-refractivity contribution in [1.82, 2.24) is 0 Å². The molecule has 0 aromatic heterocycles. The van der Waals surface area contributed by atoms with Crippen molar-refractivity contribution in [3.63, 3.8) is 0 Å². The monoisotopic (exact) mass is 349 g/mol. The van der Waals surface area contributed by atoms with Crippen molar-refractivity contribution in [3.05, 3.63) is 59.7 Å². The zero-order chi connectivity index (χ0) is 18.4. The van der Waals surface area contributed by atoms with E-state index in [-0.39, 0.29) is 5.91 Å². The molecule has 0 bridgehead atoms. The number of primary amides is 1. The van der Waals surface area contributed by atoms with E-state index < -0.39 is 0 Å². The molecule has 0 aliphatic heterocycles. The molecule has 1 saturated carbocycles. The molecule has 0 heterocycles. The van der Waals surface area contributed by atoms with Crippen molar-refractivity contribution in [2.24, 2.45) is 5.73 Å². The van der Waals surface area contributed by atoms with Crippen LogP contribution in [0.25, 0.3) is 11.1 Å². The lowest BCUT2D eigenvalue weighted by Crippen LogP contribution is -2.29. The maximum absolute atomic E-state index is 11.2. The van der Waals surface area contributed by atoms with Gasteiger partial charge in [-0.3, -0.25) is 4.79 Å². The van der Waals surface area contributed by atoms with Gasteiger partial charge in [0.25, 0.3) is 0 Å². The third kappa shape index (κ3) is 4.17. The van der Waals surface area contributed by atoms with Gasteiger partial charge in [0.15, 0.2) is 0 Å². The number of rotatable bonds is 7. The summed E-state index contributed by atoms with van der Waals surface area (Å²) in [4.78, 5) is 11.2. The molecule has 3 rings (SSSR count). The minimum Gasteiger partial charge on any atom is -0.366 e. The second kappa shape index (κ2) is 8.53. The van der Waals surface area contributed by atoms with Crippen LogP contribution in [0.2, 0.25) is 0 Å². The Morgan fingerprint density at radius 3 is 2.00 bits per heavy atom. The van der Waals surface area contributed by atoms with Crippen LogP contribution >= 0.6 is 0 Å². The van der Waals surface area contributed by atoms with Crippen molar-refractivity contribution in [1.29, 1.82) is 0 Å². The van der Waals surface area contributed by atoms with Crippen LogP contribution in [0.1, 0.15) is 80.6 Å². The first-order valence-electron chi connectivity index (χ1n) is 10.2. The van der Waals surface area contributed by atoms with E-state index in [1.54, 1.807) is 12.1 Å². The summed E-state index contributed by atoms with van der Waals surface area (Å²) < 4.78 is 0. The fraction of sp³-hybridized carbons (Fsp3) is 0.458. The predicted octanol–water partition coefficient (Wildman–Crippen LogP) is 6.23. The number of unbranched alkanes of at least 4 members (excludes halogenated alkanes) is 2. The average molecular weight is 350 g/mol. The van der Waals surface area contributed by atoms with Crippen LogP contribution < -0.4 is 5.73 Å². The zero-order valence-electron chi connectivity index (χ0n) is 16.0. The van der Waals surface area contributed by atoms with Crippen LogP contribution in [-0.4, -0.2) is 5.91 Å². The first-order valence-corrected chi connectivity index (χ1v) is 10.2. The van der Waals surface area contributed by atoms with Gasteiger partial charge in [0.05, 0.1) is 0 Å². The fourth-order valence-corrected chi connectivity index (χ4v) is 4.47. The van der Waals surface area contributed by atoms with Crippen molar-refractivity contribution >= 4 is 5.91 Å². The molecule has 2 N–H and O–H groups in total. The van der Waals surface area contributed by atoms with E-state index in [2.05, 4.69) is 31.2 Å². The second-order valence-corrected chi connectivity index (χ2v) is 7.82. The number of carbonyl (C=O) groups excluding carboxylic acids is 1.